The SMILES string of the molecule is CN(C1CCOC1)S(=O)(=O)c1ccccc1CN. The molecule has 0 aliphatic carbocycles. The molecule has 1 aromatic rings. The van der Waals surface area contributed by atoms with Crippen molar-refractivity contribution >= 4 is 10.0 Å². The molecule has 1 unspecified atom stereocenters. The van der Waals surface area contributed by atoms with Gasteiger partial charge in [-0.15, -0.1) is 0 Å². The van der Waals surface area contributed by atoms with E-state index in [1.807, 2.05) is 0 Å². The van der Waals surface area contributed by atoms with Crippen molar-refractivity contribution < 1.29 is 13.2 Å². The molecule has 6 heteroatoms. The van der Waals surface area contributed by atoms with Crippen molar-refractivity contribution in [2.45, 2.75) is 23.9 Å². The van der Waals surface area contributed by atoms with Crippen LogP contribution < -0.4 is 5.73 Å². The maximum atomic E-state index is 12.5. The lowest BCUT2D eigenvalue weighted by atomic mass is 10.2. The first-order chi connectivity index (χ1) is 8.57. The highest BCUT2D eigenvalue weighted by atomic mass is 32.2. The van der Waals surface area contributed by atoms with Crippen LogP contribution in [0.25, 0.3) is 0 Å². The van der Waals surface area contributed by atoms with E-state index < -0.39 is 10.0 Å². The van der Waals surface area contributed by atoms with E-state index in [0.29, 0.717) is 23.7 Å². The van der Waals surface area contributed by atoms with Gasteiger partial charge in [-0.2, -0.15) is 4.31 Å². The number of hydrogen-bond donors (Lipinski definition) is 1. The number of likely N-dealkylation sites (N-methyl/N-ethyl adjacent to an activating group) is 1. The molecule has 0 amide bonds. The highest BCUT2D eigenvalue weighted by molar-refractivity contribution is 7.89. The summed E-state index contributed by atoms with van der Waals surface area (Å²) in [6, 6.07) is 6.77. The van der Waals surface area contributed by atoms with E-state index >= 15 is 0 Å². The van der Waals surface area contributed by atoms with Gasteiger partial charge in [-0.25, -0.2) is 8.42 Å². The van der Waals surface area contributed by atoms with Gasteiger partial charge in [-0.05, 0) is 18.1 Å². The lowest BCUT2D eigenvalue weighted by Crippen LogP contribution is -2.37. The minimum absolute atomic E-state index is 0.0826. The third kappa shape index (κ3) is 2.42. The molecule has 5 nitrogen and oxygen atoms in total. The van der Waals surface area contributed by atoms with Crippen LogP contribution in [0.1, 0.15) is 12.0 Å². The van der Waals surface area contributed by atoms with Crippen LogP contribution in [0.15, 0.2) is 29.2 Å². The molecule has 1 fully saturated rings. The molecule has 1 atom stereocenters. The molecule has 0 spiro atoms. The van der Waals surface area contributed by atoms with E-state index in [-0.39, 0.29) is 12.6 Å². The van der Waals surface area contributed by atoms with E-state index in [2.05, 4.69) is 0 Å². The van der Waals surface area contributed by atoms with Gasteiger partial charge < -0.3 is 10.5 Å². The summed E-state index contributed by atoms with van der Waals surface area (Å²) in [5, 5.41) is 0. The predicted molar refractivity (Wildman–Crippen MR) is 68.5 cm³/mol. The fourth-order valence-corrected chi connectivity index (χ4v) is 3.69. The quantitative estimate of drug-likeness (QED) is 0.867. The summed E-state index contributed by atoms with van der Waals surface area (Å²) in [4.78, 5) is 0.293. The Kier molecular flexibility index (Phi) is 4.01. The number of ether oxygens (including phenoxy) is 1. The number of nitrogens with zero attached hydrogens (tertiary/aromatic N) is 1. The van der Waals surface area contributed by atoms with Gasteiger partial charge in [0.2, 0.25) is 10.0 Å². The van der Waals surface area contributed by atoms with Gasteiger partial charge in [0.15, 0.2) is 0 Å². The molecule has 1 aliphatic rings. The van der Waals surface area contributed by atoms with Crippen molar-refractivity contribution in [2.24, 2.45) is 5.73 Å². The van der Waals surface area contributed by atoms with Crippen LogP contribution in [0, 0.1) is 0 Å². The normalized spacial score (nSPS) is 20.5. The molecular formula is C12H18N2O3S. The lowest BCUT2D eigenvalue weighted by molar-refractivity contribution is 0.181. The van der Waals surface area contributed by atoms with Gasteiger partial charge in [-0.3, -0.25) is 0 Å². The molecule has 1 saturated heterocycles. The third-order valence-corrected chi connectivity index (χ3v) is 5.28. The Bertz CT molecular complexity index is 510. The van der Waals surface area contributed by atoms with E-state index in [1.54, 1.807) is 31.3 Å². The molecule has 2 rings (SSSR count). The second-order valence-electron chi connectivity index (χ2n) is 4.35. The Morgan fingerprint density at radius 1 is 1.44 bits per heavy atom. The zero-order valence-corrected chi connectivity index (χ0v) is 11.2. The second-order valence-corrected chi connectivity index (χ2v) is 6.32. The molecule has 0 bridgehead atoms. The van der Waals surface area contributed by atoms with Gasteiger partial charge in [-0.1, -0.05) is 18.2 Å². The average Bonchev–Trinajstić information content (AvgIpc) is 2.91. The Morgan fingerprint density at radius 3 is 2.78 bits per heavy atom. The summed E-state index contributed by atoms with van der Waals surface area (Å²) >= 11 is 0. The fraction of sp³-hybridized carbons (Fsp3) is 0.500. The van der Waals surface area contributed by atoms with Gasteiger partial charge in [0.05, 0.1) is 17.5 Å². The number of rotatable bonds is 4. The maximum Gasteiger partial charge on any atom is 0.243 e. The molecule has 1 aliphatic heterocycles. The summed E-state index contributed by atoms with van der Waals surface area (Å²) in [6.45, 7) is 1.29. The minimum Gasteiger partial charge on any atom is -0.380 e. The first-order valence-corrected chi connectivity index (χ1v) is 7.35. The molecule has 18 heavy (non-hydrogen) atoms. The van der Waals surface area contributed by atoms with Crippen LogP contribution in [-0.2, 0) is 21.3 Å². The Balaban J connectivity index is 2.35. The molecule has 0 radical (unpaired) electrons. The highest BCUT2D eigenvalue weighted by Crippen LogP contribution is 2.23. The van der Waals surface area contributed by atoms with Crippen LogP contribution in [0.2, 0.25) is 0 Å². The first kappa shape index (κ1) is 13.5. The Labute approximate surface area is 108 Å². The smallest absolute Gasteiger partial charge is 0.243 e. The van der Waals surface area contributed by atoms with Crippen molar-refractivity contribution in [2.75, 3.05) is 20.3 Å². The molecule has 0 saturated carbocycles. The predicted octanol–water partition coefficient (Wildman–Crippen LogP) is 0.555. The van der Waals surface area contributed by atoms with Crippen LogP contribution in [0.3, 0.4) is 0 Å². The number of nitrogens with two attached hydrogens (primary N) is 1. The fourth-order valence-electron chi connectivity index (χ4n) is 2.08. The molecule has 1 heterocycles. The number of hydrogen-bond acceptors (Lipinski definition) is 4. The van der Waals surface area contributed by atoms with Crippen LogP contribution >= 0.6 is 0 Å². The van der Waals surface area contributed by atoms with E-state index in [4.69, 9.17) is 10.5 Å². The zero-order valence-electron chi connectivity index (χ0n) is 10.4. The monoisotopic (exact) mass is 270 g/mol. The number of benzene rings is 1. The molecule has 2 N–H and O–H groups in total. The zero-order chi connectivity index (χ0) is 13.2. The van der Waals surface area contributed by atoms with Crippen molar-refractivity contribution in [3.05, 3.63) is 29.8 Å². The largest absolute Gasteiger partial charge is 0.380 e. The Morgan fingerprint density at radius 2 is 2.17 bits per heavy atom. The summed E-state index contributed by atoms with van der Waals surface area (Å²) in [5.41, 5.74) is 6.24. The minimum atomic E-state index is -3.49. The molecular weight excluding hydrogens is 252 g/mol. The standard InChI is InChI=1S/C12H18N2O3S/c1-14(11-6-7-17-9-11)18(15,16)12-5-3-2-4-10(12)8-13/h2-5,11H,6-9,13H2,1H3. The van der Waals surface area contributed by atoms with E-state index in [1.165, 1.54) is 4.31 Å². The third-order valence-electron chi connectivity index (χ3n) is 3.27. The second kappa shape index (κ2) is 5.36. The summed E-state index contributed by atoms with van der Waals surface area (Å²) in [6.07, 6.45) is 0.737. The van der Waals surface area contributed by atoms with E-state index in [0.717, 1.165) is 6.42 Å². The maximum absolute atomic E-state index is 12.5. The van der Waals surface area contributed by atoms with Gasteiger partial charge in [0.25, 0.3) is 0 Å². The van der Waals surface area contributed by atoms with Crippen LogP contribution in [-0.4, -0.2) is 39.0 Å². The first-order valence-electron chi connectivity index (χ1n) is 5.91. The number of sulfonamides is 1. The summed E-state index contributed by atoms with van der Waals surface area (Å²) in [5.74, 6) is 0. The van der Waals surface area contributed by atoms with Gasteiger partial charge >= 0.3 is 0 Å². The van der Waals surface area contributed by atoms with Crippen molar-refractivity contribution in [1.82, 2.24) is 4.31 Å². The van der Waals surface area contributed by atoms with Crippen molar-refractivity contribution in [3.63, 3.8) is 0 Å². The molecule has 1 aromatic carbocycles. The van der Waals surface area contributed by atoms with Gasteiger partial charge in [0.1, 0.15) is 0 Å². The van der Waals surface area contributed by atoms with Gasteiger partial charge in [0, 0.05) is 20.2 Å². The van der Waals surface area contributed by atoms with Crippen molar-refractivity contribution in [3.8, 4) is 0 Å². The summed E-state index contributed by atoms with van der Waals surface area (Å²) in [7, 11) is -1.89. The molecule has 100 valence electrons. The van der Waals surface area contributed by atoms with Crippen LogP contribution in [0.5, 0.6) is 0 Å². The Hall–Kier alpha value is -0.950. The van der Waals surface area contributed by atoms with Crippen molar-refractivity contribution in [1.29, 1.82) is 0 Å². The van der Waals surface area contributed by atoms with Crippen LogP contribution in [0.4, 0.5) is 0 Å². The lowest BCUT2D eigenvalue weighted by Gasteiger charge is -2.23. The van der Waals surface area contributed by atoms with E-state index in [9.17, 15) is 8.42 Å². The molecule has 0 aromatic heterocycles. The topological polar surface area (TPSA) is 72.6 Å². The average molecular weight is 270 g/mol. The summed E-state index contributed by atoms with van der Waals surface area (Å²) < 4.78 is 31.7. The highest BCUT2D eigenvalue weighted by Gasteiger charge is 2.31.